The number of nitrogens with one attached hydrogen (secondary N) is 1. The number of carbonyl (C=O) groups is 2. The number of thioether (sulfide) groups is 1. The van der Waals surface area contributed by atoms with Crippen molar-refractivity contribution in [3.05, 3.63) is 65.2 Å². The molecule has 4 heteroatoms. The van der Waals surface area contributed by atoms with Crippen molar-refractivity contribution in [3.8, 4) is 11.8 Å². The van der Waals surface area contributed by atoms with Gasteiger partial charge in [-0.3, -0.25) is 9.59 Å². The number of rotatable bonds is 4. The number of Topliss-reactive ketones (excluding diaryl/α,β-unsaturated/α-hetero) is 1. The van der Waals surface area contributed by atoms with Gasteiger partial charge in [0.1, 0.15) is 0 Å². The zero-order valence-corrected chi connectivity index (χ0v) is 13.9. The molecular weight excluding hydrogens is 306 g/mol. The highest BCUT2D eigenvalue weighted by Gasteiger charge is 2.08. The van der Waals surface area contributed by atoms with E-state index >= 15 is 0 Å². The van der Waals surface area contributed by atoms with Gasteiger partial charge in [0.2, 0.25) is 0 Å². The molecule has 1 amide bonds. The molecule has 2 rings (SSSR count). The molecule has 0 saturated heterocycles. The van der Waals surface area contributed by atoms with Crippen molar-refractivity contribution in [1.29, 1.82) is 0 Å². The van der Waals surface area contributed by atoms with Gasteiger partial charge in [0.05, 0.1) is 12.1 Å². The molecule has 0 atom stereocenters. The number of amides is 1. The molecule has 2 aromatic rings. The number of carbonyl (C=O) groups excluding carboxylic acids is 2. The molecule has 0 radical (unpaired) electrons. The van der Waals surface area contributed by atoms with E-state index in [1.165, 1.54) is 18.7 Å². The fourth-order valence-electron chi connectivity index (χ4n) is 1.99. The van der Waals surface area contributed by atoms with Gasteiger partial charge in [-0.2, -0.15) is 0 Å². The maximum absolute atomic E-state index is 12.1. The topological polar surface area (TPSA) is 46.2 Å². The van der Waals surface area contributed by atoms with Crippen LogP contribution in [0.1, 0.15) is 33.2 Å². The summed E-state index contributed by atoms with van der Waals surface area (Å²) in [6, 6.07) is 14.6. The van der Waals surface area contributed by atoms with Crippen molar-refractivity contribution in [2.24, 2.45) is 0 Å². The van der Waals surface area contributed by atoms with Crippen molar-refractivity contribution in [2.45, 2.75) is 11.8 Å². The largest absolute Gasteiger partial charge is 0.341 e. The minimum atomic E-state index is -0.129. The summed E-state index contributed by atoms with van der Waals surface area (Å²) in [6.07, 6.45) is 1.94. The average molecular weight is 323 g/mol. The second kappa shape index (κ2) is 8.21. The first kappa shape index (κ1) is 16.9. The lowest BCUT2D eigenvalue weighted by molar-refractivity contribution is 0.0954. The fourth-order valence-corrected chi connectivity index (χ4v) is 2.58. The van der Waals surface area contributed by atoms with Crippen molar-refractivity contribution in [3.63, 3.8) is 0 Å². The summed E-state index contributed by atoms with van der Waals surface area (Å²) in [4.78, 5) is 24.3. The van der Waals surface area contributed by atoms with Gasteiger partial charge >= 0.3 is 0 Å². The van der Waals surface area contributed by atoms with E-state index in [9.17, 15) is 9.59 Å². The molecule has 0 aromatic heterocycles. The first-order valence-corrected chi connectivity index (χ1v) is 8.35. The molecule has 0 aliphatic rings. The van der Waals surface area contributed by atoms with Gasteiger partial charge in [0.15, 0.2) is 5.78 Å². The third-order valence-electron chi connectivity index (χ3n) is 3.21. The monoisotopic (exact) mass is 323 g/mol. The lowest BCUT2D eigenvalue weighted by Gasteiger charge is -2.05. The van der Waals surface area contributed by atoms with Gasteiger partial charge in [-0.15, -0.1) is 11.8 Å². The van der Waals surface area contributed by atoms with Crippen LogP contribution in [-0.2, 0) is 0 Å². The van der Waals surface area contributed by atoms with E-state index in [1.807, 2.05) is 24.5 Å². The molecule has 0 unspecified atom stereocenters. The maximum Gasteiger partial charge on any atom is 0.253 e. The normalized spacial score (nSPS) is 9.65. The predicted molar refractivity (Wildman–Crippen MR) is 93.9 cm³/mol. The maximum atomic E-state index is 12.1. The highest BCUT2D eigenvalue weighted by Crippen LogP contribution is 2.19. The van der Waals surface area contributed by atoms with Gasteiger partial charge in [-0.1, -0.05) is 36.1 Å². The molecule has 0 saturated carbocycles. The van der Waals surface area contributed by atoms with Crippen molar-refractivity contribution in [1.82, 2.24) is 5.32 Å². The quantitative estimate of drug-likeness (QED) is 0.533. The number of benzene rings is 2. The minimum Gasteiger partial charge on any atom is -0.341 e. The van der Waals surface area contributed by atoms with Gasteiger partial charge in [-0.25, -0.2) is 0 Å². The molecule has 3 nitrogen and oxygen atoms in total. The van der Waals surface area contributed by atoms with Gasteiger partial charge < -0.3 is 5.32 Å². The molecule has 0 fully saturated rings. The molecule has 0 bridgehead atoms. The fraction of sp³-hybridized carbons (Fsp3) is 0.158. The Bertz CT molecular complexity index is 770. The Labute approximate surface area is 140 Å². The van der Waals surface area contributed by atoms with Crippen molar-refractivity contribution >= 4 is 23.5 Å². The van der Waals surface area contributed by atoms with E-state index in [2.05, 4.69) is 17.2 Å². The Morgan fingerprint density at radius 3 is 2.43 bits per heavy atom. The van der Waals surface area contributed by atoms with Crippen molar-refractivity contribution < 1.29 is 9.59 Å². The molecule has 2 aromatic carbocycles. The van der Waals surface area contributed by atoms with Crippen molar-refractivity contribution in [2.75, 3.05) is 12.8 Å². The third kappa shape index (κ3) is 4.73. The van der Waals surface area contributed by atoms with E-state index in [0.29, 0.717) is 11.1 Å². The van der Waals surface area contributed by atoms with E-state index < -0.39 is 0 Å². The van der Waals surface area contributed by atoms with E-state index in [1.54, 1.807) is 30.3 Å². The Morgan fingerprint density at radius 1 is 1.09 bits per heavy atom. The van der Waals surface area contributed by atoms with Gasteiger partial charge in [0.25, 0.3) is 5.91 Å². The van der Waals surface area contributed by atoms with E-state index in [4.69, 9.17) is 0 Å². The summed E-state index contributed by atoms with van der Waals surface area (Å²) < 4.78 is 0. The standard InChI is InChI=1S/C19H17NO2S/c1-14(21)16-11-9-15(10-12-16)6-5-13-20-19(22)17-7-3-4-8-18(17)23-2/h3-4,7-12H,13H2,1-2H3,(H,20,22). The summed E-state index contributed by atoms with van der Waals surface area (Å²) >= 11 is 1.54. The van der Waals surface area contributed by atoms with Crippen LogP contribution in [0.5, 0.6) is 0 Å². The first-order valence-electron chi connectivity index (χ1n) is 7.13. The number of ketones is 1. The Hall–Kier alpha value is -2.51. The van der Waals surface area contributed by atoms with Crippen LogP contribution in [0.2, 0.25) is 0 Å². The zero-order valence-electron chi connectivity index (χ0n) is 13.1. The van der Waals surface area contributed by atoms with Crippen LogP contribution in [0.4, 0.5) is 0 Å². The minimum absolute atomic E-state index is 0.0317. The molecular formula is C19H17NO2S. The van der Waals surface area contributed by atoms with Crippen LogP contribution in [0.3, 0.4) is 0 Å². The van der Waals surface area contributed by atoms with Gasteiger partial charge in [-0.05, 0) is 37.4 Å². The highest BCUT2D eigenvalue weighted by atomic mass is 32.2. The second-order valence-electron chi connectivity index (χ2n) is 4.82. The Kier molecular flexibility index (Phi) is 6.02. The van der Waals surface area contributed by atoms with E-state index in [-0.39, 0.29) is 18.2 Å². The van der Waals surface area contributed by atoms with Crippen LogP contribution >= 0.6 is 11.8 Å². The first-order chi connectivity index (χ1) is 11.1. The lowest BCUT2D eigenvalue weighted by atomic mass is 10.1. The predicted octanol–water partition coefficient (Wildman–Crippen LogP) is 3.39. The molecule has 116 valence electrons. The zero-order chi connectivity index (χ0) is 16.7. The van der Waals surface area contributed by atoms with Crippen LogP contribution in [0.15, 0.2) is 53.4 Å². The van der Waals surface area contributed by atoms with E-state index in [0.717, 1.165) is 10.5 Å². The lowest BCUT2D eigenvalue weighted by Crippen LogP contribution is -2.24. The molecule has 0 spiro atoms. The molecule has 0 aliphatic heterocycles. The summed E-state index contributed by atoms with van der Waals surface area (Å²) in [7, 11) is 0. The highest BCUT2D eigenvalue weighted by molar-refractivity contribution is 7.98. The SMILES string of the molecule is CSc1ccccc1C(=O)NCC#Cc1ccc(C(C)=O)cc1. The average Bonchev–Trinajstić information content (AvgIpc) is 2.58. The molecule has 23 heavy (non-hydrogen) atoms. The molecule has 0 heterocycles. The number of hydrogen-bond acceptors (Lipinski definition) is 3. The summed E-state index contributed by atoms with van der Waals surface area (Å²) in [5.41, 5.74) is 2.14. The molecule has 1 N–H and O–H groups in total. The van der Waals surface area contributed by atoms with Crippen LogP contribution in [0, 0.1) is 11.8 Å². The van der Waals surface area contributed by atoms with Gasteiger partial charge in [0, 0.05) is 16.0 Å². The Balaban J connectivity index is 1.95. The third-order valence-corrected chi connectivity index (χ3v) is 4.01. The smallest absolute Gasteiger partial charge is 0.253 e. The molecule has 0 aliphatic carbocycles. The van der Waals surface area contributed by atoms with Crippen LogP contribution in [-0.4, -0.2) is 24.5 Å². The second-order valence-corrected chi connectivity index (χ2v) is 5.67. The van der Waals surface area contributed by atoms with Crippen LogP contribution < -0.4 is 5.32 Å². The summed E-state index contributed by atoms with van der Waals surface area (Å²) in [5.74, 6) is 5.78. The summed E-state index contributed by atoms with van der Waals surface area (Å²) in [5, 5.41) is 2.79. The Morgan fingerprint density at radius 2 is 1.78 bits per heavy atom. The summed E-state index contributed by atoms with van der Waals surface area (Å²) in [6.45, 7) is 1.80. The number of hydrogen-bond donors (Lipinski definition) is 1. The van der Waals surface area contributed by atoms with Crippen LogP contribution in [0.25, 0.3) is 0 Å².